The SMILES string of the molecule is COC(=O)c1cc(OCC(C)C)c(-c2cc(OC)ccc2F)nc1OC. The highest BCUT2D eigenvalue weighted by Crippen LogP contribution is 2.36. The van der Waals surface area contributed by atoms with Crippen LogP contribution in [0.5, 0.6) is 17.4 Å². The zero-order chi connectivity index (χ0) is 19.3. The van der Waals surface area contributed by atoms with Gasteiger partial charge in [0.1, 0.15) is 28.6 Å². The fraction of sp³-hybridized carbons (Fsp3) is 0.368. The lowest BCUT2D eigenvalue weighted by Gasteiger charge is -2.16. The molecule has 0 saturated heterocycles. The van der Waals surface area contributed by atoms with Gasteiger partial charge in [-0.2, -0.15) is 0 Å². The molecule has 2 aromatic rings. The van der Waals surface area contributed by atoms with Crippen LogP contribution in [0.3, 0.4) is 0 Å². The molecule has 7 heteroatoms. The summed E-state index contributed by atoms with van der Waals surface area (Å²) in [6.45, 7) is 4.32. The maximum absolute atomic E-state index is 14.4. The van der Waals surface area contributed by atoms with Gasteiger partial charge in [-0.15, -0.1) is 0 Å². The number of benzene rings is 1. The number of carbonyl (C=O) groups is 1. The number of carbonyl (C=O) groups excluding carboxylic acids is 1. The fourth-order valence-corrected chi connectivity index (χ4v) is 2.26. The van der Waals surface area contributed by atoms with Crippen molar-refractivity contribution in [3.8, 4) is 28.6 Å². The summed E-state index contributed by atoms with van der Waals surface area (Å²) in [6.07, 6.45) is 0. The van der Waals surface area contributed by atoms with Gasteiger partial charge in [0, 0.05) is 11.6 Å². The minimum absolute atomic E-state index is 0.0194. The number of hydrogen-bond donors (Lipinski definition) is 0. The van der Waals surface area contributed by atoms with Crippen molar-refractivity contribution in [3.63, 3.8) is 0 Å². The summed E-state index contributed by atoms with van der Waals surface area (Å²) in [5.74, 6) is -0.157. The van der Waals surface area contributed by atoms with Crippen LogP contribution in [0, 0.1) is 11.7 Å². The number of methoxy groups -OCH3 is 3. The molecule has 0 radical (unpaired) electrons. The van der Waals surface area contributed by atoms with Crippen molar-refractivity contribution in [2.24, 2.45) is 5.92 Å². The molecule has 0 bridgehead atoms. The average Bonchev–Trinajstić information content (AvgIpc) is 2.65. The van der Waals surface area contributed by atoms with Crippen molar-refractivity contribution in [1.82, 2.24) is 4.98 Å². The van der Waals surface area contributed by atoms with E-state index in [1.165, 1.54) is 45.6 Å². The van der Waals surface area contributed by atoms with E-state index >= 15 is 0 Å². The quantitative estimate of drug-likeness (QED) is 0.699. The molecule has 1 heterocycles. The van der Waals surface area contributed by atoms with E-state index in [0.717, 1.165) is 0 Å². The minimum atomic E-state index is -0.624. The lowest BCUT2D eigenvalue weighted by molar-refractivity contribution is 0.0595. The number of ether oxygens (including phenoxy) is 4. The Morgan fingerprint density at radius 3 is 2.46 bits per heavy atom. The van der Waals surface area contributed by atoms with Gasteiger partial charge < -0.3 is 18.9 Å². The number of halogens is 1. The molecule has 1 aromatic carbocycles. The third-order valence-corrected chi connectivity index (χ3v) is 3.55. The van der Waals surface area contributed by atoms with E-state index in [-0.39, 0.29) is 34.4 Å². The van der Waals surface area contributed by atoms with E-state index in [4.69, 9.17) is 18.9 Å². The molecule has 0 saturated carbocycles. The largest absolute Gasteiger partial charge is 0.497 e. The second kappa shape index (κ2) is 8.51. The van der Waals surface area contributed by atoms with Crippen LogP contribution >= 0.6 is 0 Å². The minimum Gasteiger partial charge on any atom is -0.497 e. The number of aromatic nitrogens is 1. The lowest BCUT2D eigenvalue weighted by Crippen LogP contribution is -2.11. The number of hydrogen-bond acceptors (Lipinski definition) is 6. The standard InChI is InChI=1S/C19H22FNO5/c1-11(2)10-26-16-9-14(19(22)25-5)18(24-4)21-17(16)13-8-12(23-3)6-7-15(13)20/h6-9,11H,10H2,1-5H3. The smallest absolute Gasteiger partial charge is 0.343 e. The van der Waals surface area contributed by atoms with Crippen LogP contribution in [0.2, 0.25) is 0 Å². The molecular weight excluding hydrogens is 341 g/mol. The van der Waals surface area contributed by atoms with Crippen LogP contribution in [-0.4, -0.2) is 38.9 Å². The molecule has 0 amide bonds. The predicted octanol–water partition coefficient (Wildman–Crippen LogP) is 3.73. The normalized spacial score (nSPS) is 10.6. The molecule has 0 unspecified atom stereocenters. The van der Waals surface area contributed by atoms with Crippen LogP contribution in [0.4, 0.5) is 4.39 Å². The van der Waals surface area contributed by atoms with E-state index in [2.05, 4.69) is 4.98 Å². The Bertz CT molecular complexity index is 792. The van der Waals surface area contributed by atoms with Crippen LogP contribution < -0.4 is 14.2 Å². The van der Waals surface area contributed by atoms with Crippen molar-refractivity contribution in [2.75, 3.05) is 27.9 Å². The Hall–Kier alpha value is -2.83. The Balaban J connectivity index is 2.67. The Labute approximate surface area is 151 Å². The molecule has 6 nitrogen and oxygen atoms in total. The Kier molecular flexibility index (Phi) is 6.38. The highest BCUT2D eigenvalue weighted by molar-refractivity contribution is 5.93. The van der Waals surface area contributed by atoms with Gasteiger partial charge in [0.25, 0.3) is 0 Å². The van der Waals surface area contributed by atoms with Crippen molar-refractivity contribution in [3.05, 3.63) is 35.6 Å². The molecule has 0 aliphatic rings. The van der Waals surface area contributed by atoms with Gasteiger partial charge in [-0.05, 0) is 24.1 Å². The first kappa shape index (κ1) is 19.5. The lowest BCUT2D eigenvalue weighted by atomic mass is 10.1. The van der Waals surface area contributed by atoms with Crippen molar-refractivity contribution >= 4 is 5.97 Å². The number of nitrogens with zero attached hydrogens (tertiary/aromatic N) is 1. The van der Waals surface area contributed by atoms with E-state index in [9.17, 15) is 9.18 Å². The fourth-order valence-electron chi connectivity index (χ4n) is 2.26. The summed E-state index contributed by atoms with van der Waals surface area (Å²) in [5, 5.41) is 0. The van der Waals surface area contributed by atoms with Gasteiger partial charge in [-0.25, -0.2) is 14.2 Å². The maximum atomic E-state index is 14.4. The van der Waals surface area contributed by atoms with Gasteiger partial charge in [0.05, 0.1) is 27.9 Å². The van der Waals surface area contributed by atoms with Crippen LogP contribution in [0.15, 0.2) is 24.3 Å². The molecule has 2 rings (SSSR count). The second-order valence-corrected chi connectivity index (χ2v) is 5.93. The van der Waals surface area contributed by atoms with E-state index in [0.29, 0.717) is 12.4 Å². The molecule has 0 aliphatic carbocycles. The summed E-state index contributed by atoms with van der Waals surface area (Å²) >= 11 is 0. The summed E-state index contributed by atoms with van der Waals surface area (Å²) in [7, 11) is 4.11. The summed E-state index contributed by atoms with van der Waals surface area (Å²) in [6, 6.07) is 5.75. The monoisotopic (exact) mass is 363 g/mol. The topological polar surface area (TPSA) is 66.9 Å². The Morgan fingerprint density at radius 1 is 1.15 bits per heavy atom. The average molecular weight is 363 g/mol. The molecule has 0 fully saturated rings. The summed E-state index contributed by atoms with van der Waals surface area (Å²) < 4.78 is 35.3. The first-order chi connectivity index (χ1) is 12.4. The van der Waals surface area contributed by atoms with E-state index < -0.39 is 11.8 Å². The number of esters is 1. The first-order valence-corrected chi connectivity index (χ1v) is 8.05. The molecule has 0 N–H and O–H groups in total. The van der Waals surface area contributed by atoms with Gasteiger partial charge >= 0.3 is 5.97 Å². The maximum Gasteiger partial charge on any atom is 0.343 e. The summed E-state index contributed by atoms with van der Waals surface area (Å²) in [4.78, 5) is 16.3. The van der Waals surface area contributed by atoms with Crippen LogP contribution in [0.1, 0.15) is 24.2 Å². The molecule has 1 aromatic heterocycles. The third kappa shape index (κ3) is 4.22. The summed E-state index contributed by atoms with van der Waals surface area (Å²) in [5.41, 5.74) is 0.491. The van der Waals surface area contributed by atoms with Gasteiger partial charge in [0.15, 0.2) is 0 Å². The predicted molar refractivity (Wildman–Crippen MR) is 94.4 cm³/mol. The Morgan fingerprint density at radius 2 is 1.88 bits per heavy atom. The molecule has 26 heavy (non-hydrogen) atoms. The number of pyridine rings is 1. The molecule has 140 valence electrons. The molecule has 0 aliphatic heterocycles. The second-order valence-electron chi connectivity index (χ2n) is 5.93. The van der Waals surface area contributed by atoms with Crippen LogP contribution in [0.25, 0.3) is 11.3 Å². The van der Waals surface area contributed by atoms with E-state index in [1.54, 1.807) is 0 Å². The molecule has 0 spiro atoms. The van der Waals surface area contributed by atoms with Crippen LogP contribution in [-0.2, 0) is 4.74 Å². The highest BCUT2D eigenvalue weighted by Gasteiger charge is 2.22. The van der Waals surface area contributed by atoms with Gasteiger partial charge in [-0.3, -0.25) is 0 Å². The zero-order valence-electron chi connectivity index (χ0n) is 15.5. The van der Waals surface area contributed by atoms with Gasteiger partial charge in [0.2, 0.25) is 5.88 Å². The number of rotatable bonds is 7. The van der Waals surface area contributed by atoms with Crippen molar-refractivity contribution in [2.45, 2.75) is 13.8 Å². The van der Waals surface area contributed by atoms with Gasteiger partial charge in [-0.1, -0.05) is 13.8 Å². The van der Waals surface area contributed by atoms with Crippen molar-refractivity contribution < 1.29 is 28.1 Å². The highest BCUT2D eigenvalue weighted by atomic mass is 19.1. The van der Waals surface area contributed by atoms with Crippen molar-refractivity contribution in [1.29, 1.82) is 0 Å². The zero-order valence-corrected chi connectivity index (χ0v) is 15.5. The third-order valence-electron chi connectivity index (χ3n) is 3.55. The van der Waals surface area contributed by atoms with E-state index in [1.807, 2.05) is 13.8 Å². The molecular formula is C19H22FNO5. The first-order valence-electron chi connectivity index (χ1n) is 8.05. The molecule has 0 atom stereocenters.